The van der Waals surface area contributed by atoms with Gasteiger partial charge < -0.3 is 0 Å². The molecule has 0 nitrogen and oxygen atoms in total. The predicted octanol–water partition coefficient (Wildman–Crippen LogP) is 13.1. The Balaban J connectivity index is 6.03. The highest BCUT2D eigenvalue weighted by Crippen LogP contribution is 3.32. The van der Waals surface area contributed by atoms with E-state index in [-0.39, 0.29) is 69.9 Å². The summed E-state index contributed by atoms with van der Waals surface area (Å²) in [6.07, 6.45) is 0. The Morgan fingerprint density at radius 2 is 0.591 bits per heavy atom. The van der Waals surface area contributed by atoms with Gasteiger partial charge in [0.25, 0.3) is 0 Å². The highest BCUT2D eigenvalue weighted by atomic mass is 33.4. The third-order valence-electron chi connectivity index (χ3n) is 1.69. The second-order valence-electron chi connectivity index (χ2n) is 3.29. The minimum atomic E-state index is -0.215. The first kappa shape index (κ1) is 31.5. The number of hydrogen-bond donors (Lipinski definition) is 0. The van der Waals surface area contributed by atoms with Crippen molar-refractivity contribution in [3.63, 3.8) is 0 Å². The Morgan fingerprint density at radius 3 is 0.727 bits per heavy atom. The lowest BCUT2D eigenvalue weighted by atomic mass is 28.5. The molecule has 0 amide bonds. The van der Waals surface area contributed by atoms with Gasteiger partial charge in [-0.25, -0.2) is 0 Å². The van der Waals surface area contributed by atoms with Crippen LogP contribution in [0, 0.1) is 0 Å². The summed E-state index contributed by atoms with van der Waals surface area (Å²) in [6, 6.07) is 0. The van der Waals surface area contributed by atoms with Crippen LogP contribution in [0.2, 0.25) is 0 Å². The van der Waals surface area contributed by atoms with Gasteiger partial charge in [-0.05, 0) is 69.9 Å². The van der Waals surface area contributed by atoms with Crippen molar-refractivity contribution in [3.8, 4) is 0 Å². The summed E-state index contributed by atoms with van der Waals surface area (Å²) in [5.41, 5.74) is 0. The van der Waals surface area contributed by atoms with E-state index < -0.39 is 0 Å². The van der Waals surface area contributed by atoms with E-state index in [9.17, 15) is 0 Å². The van der Waals surface area contributed by atoms with Gasteiger partial charge in [0, 0.05) is 0 Å². The summed E-state index contributed by atoms with van der Waals surface area (Å²) in [5.74, 6) is 0. The molecule has 0 heterocycles. The summed E-state index contributed by atoms with van der Waals surface area (Å²) in [4.78, 5) is 0. The van der Waals surface area contributed by atoms with Crippen LogP contribution in [-0.2, 0) is 0 Å². The Hall–Kier alpha value is 9.46. The lowest BCUT2D eigenvalue weighted by Gasteiger charge is -2.47. The molecule has 2 radical (unpaired) electrons. The Labute approximate surface area is 175 Å². The molecule has 0 aromatic rings. The van der Waals surface area contributed by atoms with E-state index in [4.69, 9.17) is 0 Å². The van der Waals surface area contributed by atoms with Gasteiger partial charge in [-0.1, -0.05) is 17.9 Å². The largest absolute Gasteiger partial charge is 0.102 e. The molecule has 0 fully saturated rings. The zero-order valence-electron chi connectivity index (χ0n) is 11.2. The molecule has 0 aliphatic heterocycles. The minimum Gasteiger partial charge on any atom is -0.102 e. The van der Waals surface area contributed by atoms with E-state index in [1.807, 2.05) is 0 Å². The summed E-state index contributed by atoms with van der Waals surface area (Å²) in [5, 5.41) is 0. The van der Waals surface area contributed by atoms with Crippen LogP contribution in [0.3, 0.4) is 0 Å². The third kappa shape index (κ3) is 11.5. The van der Waals surface area contributed by atoms with Crippen molar-refractivity contribution < 1.29 is 0 Å². The molecule has 0 aliphatic carbocycles. The van der Waals surface area contributed by atoms with Crippen molar-refractivity contribution in [2.75, 3.05) is 0 Å². The predicted molar refractivity (Wildman–Crippen MR) is 183 cm³/mol. The van der Waals surface area contributed by atoms with Gasteiger partial charge in [-0.3, -0.25) is 0 Å². The van der Waals surface area contributed by atoms with Crippen LogP contribution in [0.1, 0.15) is 0 Å². The molecule has 132 valence electrons. The van der Waals surface area contributed by atoms with E-state index in [1.165, 1.54) is 0 Å². The molecular formula is H22P22. The van der Waals surface area contributed by atoms with Crippen LogP contribution in [0.4, 0.5) is 0 Å². The maximum absolute atomic E-state index is 4.04. The molecule has 0 aliphatic rings. The molecule has 22 heavy (non-hydrogen) atoms. The first-order chi connectivity index (χ1) is 9.93. The van der Waals surface area contributed by atoms with Crippen molar-refractivity contribution in [3.05, 3.63) is 0 Å². The van der Waals surface area contributed by atoms with Crippen LogP contribution >= 0.6 is 177 Å². The zero-order chi connectivity index (χ0) is 17.8. The molecule has 11 atom stereocenters. The first-order valence-corrected chi connectivity index (χ1v) is 43.5. The standard InChI is InChI=1S/H22P22/c1-13(2)19(14(3)4)22(20(15(5)6)16(7)8)21(17(9)10)18(11)12/h1-2H,3-12H2. The fourth-order valence-corrected chi connectivity index (χ4v) is 267. The van der Waals surface area contributed by atoms with E-state index in [0.29, 0.717) is 0 Å². The molecule has 0 aromatic carbocycles. The molecule has 0 N–H and O–H groups in total. The molecule has 0 spiro atoms. The van der Waals surface area contributed by atoms with Crippen LogP contribution in [0.5, 0.6) is 0 Å². The average molecular weight is 704 g/mol. The van der Waals surface area contributed by atoms with Gasteiger partial charge in [-0.2, -0.15) is 0 Å². The van der Waals surface area contributed by atoms with Crippen LogP contribution in [-0.4, -0.2) is 0 Å². The second-order valence-corrected chi connectivity index (χ2v) is 88.7. The fraction of sp³-hybridized carbons (Fsp3) is 0. The Bertz CT molecular complexity index is 211. The van der Waals surface area contributed by atoms with E-state index >= 15 is 0 Å². The maximum Gasteiger partial charge on any atom is -0.000465 e. The van der Waals surface area contributed by atoms with Gasteiger partial charge in [0.15, 0.2) is 0 Å². The zero-order valence-corrected chi connectivity index (χ0v) is 33.7. The topological polar surface area (TPSA) is 0 Å². The summed E-state index contributed by atoms with van der Waals surface area (Å²) < 4.78 is 0. The Morgan fingerprint density at radius 1 is 0.364 bits per heavy atom. The van der Waals surface area contributed by atoms with Gasteiger partial charge in [0.05, 0.1) is 0 Å². The monoisotopic (exact) mass is 704 g/mol. The molecule has 0 saturated heterocycles. The van der Waals surface area contributed by atoms with Gasteiger partial charge in [-0.15, -0.1) is 89.3 Å². The van der Waals surface area contributed by atoms with Crippen molar-refractivity contribution in [1.82, 2.24) is 0 Å². The van der Waals surface area contributed by atoms with E-state index in [1.54, 1.807) is 0 Å². The number of rotatable bonds is 9. The molecular weight excluding hydrogens is 681 g/mol. The van der Waals surface area contributed by atoms with Crippen molar-refractivity contribution in [2.24, 2.45) is 0 Å². The van der Waals surface area contributed by atoms with E-state index in [0.717, 1.165) is 0 Å². The number of hydrogen-bond acceptors (Lipinski definition) is 0. The summed E-state index contributed by atoms with van der Waals surface area (Å²) in [7, 11) is 39.7. The molecule has 0 saturated carbocycles. The molecule has 0 rings (SSSR count). The molecule has 22 heteroatoms. The fourth-order valence-electron chi connectivity index (χ4n) is 1.10. The van der Waals surface area contributed by atoms with Crippen molar-refractivity contribution >= 4 is 177 Å². The van der Waals surface area contributed by atoms with Crippen LogP contribution < -0.4 is 0 Å². The van der Waals surface area contributed by atoms with Crippen molar-refractivity contribution in [1.29, 1.82) is 0 Å². The van der Waals surface area contributed by atoms with Crippen LogP contribution in [0.25, 0.3) is 0 Å². The normalized spacial score (nSPS) is 13.9. The SMILES string of the molecule is [PH]P([PH])P(P(P)P)P(P(P(P)P)P(P)P)P(P(P)P)P(P)P. The molecule has 0 aromatic heterocycles. The van der Waals surface area contributed by atoms with Gasteiger partial charge >= 0.3 is 0 Å². The molecule has 0 bridgehead atoms. The Kier molecular flexibility index (Phi) is 24.3. The van der Waals surface area contributed by atoms with Crippen LogP contribution in [0.15, 0.2) is 0 Å². The maximum atomic E-state index is 4.04. The smallest absolute Gasteiger partial charge is 0.000465 e. The minimum absolute atomic E-state index is 0.0127. The summed E-state index contributed by atoms with van der Waals surface area (Å²) >= 11 is 0. The highest BCUT2D eigenvalue weighted by molar-refractivity contribution is 9.38. The van der Waals surface area contributed by atoms with Crippen molar-refractivity contribution in [2.45, 2.75) is 0 Å². The van der Waals surface area contributed by atoms with E-state index in [2.05, 4.69) is 107 Å². The van der Waals surface area contributed by atoms with Gasteiger partial charge in [0.2, 0.25) is 0 Å². The lowest BCUT2D eigenvalue weighted by molar-refractivity contribution is 4.47. The second kappa shape index (κ2) is 17.0. The lowest BCUT2D eigenvalue weighted by Crippen LogP contribution is -1.59. The highest BCUT2D eigenvalue weighted by Gasteiger charge is 2.44. The average Bonchev–Trinajstić information content (AvgIpc) is 2.24. The molecule has 11 unspecified atom stereocenters. The third-order valence-corrected chi connectivity index (χ3v) is 137. The quantitative estimate of drug-likeness (QED) is 0.210. The van der Waals surface area contributed by atoms with Gasteiger partial charge in [0.1, 0.15) is 0 Å². The first-order valence-electron chi connectivity index (χ1n) is 4.83. The summed E-state index contributed by atoms with van der Waals surface area (Å²) in [6.45, 7) is -0.0948.